The van der Waals surface area contributed by atoms with Gasteiger partial charge in [0.2, 0.25) is 0 Å². The molecule has 0 aliphatic rings. The maximum absolute atomic E-state index is 9.70. The van der Waals surface area contributed by atoms with Crippen LogP contribution in [0.4, 0.5) is 0 Å². The van der Waals surface area contributed by atoms with Crippen molar-refractivity contribution in [2.24, 2.45) is 5.73 Å². The van der Waals surface area contributed by atoms with E-state index in [0.29, 0.717) is 18.5 Å². The van der Waals surface area contributed by atoms with E-state index >= 15 is 0 Å². The SMILES string of the molecule is Cc1cncc(C(O)C(O)CCN)c1. The maximum atomic E-state index is 9.70. The van der Waals surface area contributed by atoms with Gasteiger partial charge in [0.15, 0.2) is 0 Å². The minimum Gasteiger partial charge on any atom is -0.390 e. The Hall–Kier alpha value is -0.970. The number of aryl methyl sites for hydroxylation is 1. The molecule has 0 saturated heterocycles. The summed E-state index contributed by atoms with van der Waals surface area (Å²) < 4.78 is 0. The normalized spacial score (nSPS) is 15.1. The van der Waals surface area contributed by atoms with E-state index in [1.807, 2.05) is 6.92 Å². The minimum atomic E-state index is -0.897. The highest BCUT2D eigenvalue weighted by atomic mass is 16.3. The molecule has 0 spiro atoms. The highest BCUT2D eigenvalue weighted by Crippen LogP contribution is 2.18. The highest BCUT2D eigenvalue weighted by Gasteiger charge is 2.17. The number of nitrogens with zero attached hydrogens (tertiary/aromatic N) is 1. The number of hydrogen-bond acceptors (Lipinski definition) is 4. The van der Waals surface area contributed by atoms with Gasteiger partial charge in [-0.05, 0) is 25.5 Å². The van der Waals surface area contributed by atoms with E-state index in [9.17, 15) is 10.2 Å². The summed E-state index contributed by atoms with van der Waals surface area (Å²) >= 11 is 0. The molecule has 0 bridgehead atoms. The van der Waals surface area contributed by atoms with Crippen LogP contribution in [0.25, 0.3) is 0 Å². The first-order valence-corrected chi connectivity index (χ1v) is 4.63. The van der Waals surface area contributed by atoms with Crippen molar-refractivity contribution < 1.29 is 10.2 Å². The van der Waals surface area contributed by atoms with E-state index < -0.39 is 12.2 Å². The molecule has 0 aliphatic carbocycles. The van der Waals surface area contributed by atoms with Crippen molar-refractivity contribution >= 4 is 0 Å². The van der Waals surface area contributed by atoms with E-state index in [0.717, 1.165) is 5.56 Å². The second-order valence-corrected chi connectivity index (χ2v) is 3.39. The van der Waals surface area contributed by atoms with Crippen molar-refractivity contribution in [3.8, 4) is 0 Å². The standard InChI is InChI=1S/C10H16N2O2/c1-7-4-8(6-12-5-7)10(14)9(13)2-3-11/h4-6,9-10,13-14H,2-3,11H2,1H3. The number of rotatable bonds is 4. The molecule has 1 aromatic heterocycles. The fourth-order valence-corrected chi connectivity index (χ4v) is 1.29. The van der Waals surface area contributed by atoms with Crippen molar-refractivity contribution in [1.82, 2.24) is 4.98 Å². The first-order valence-electron chi connectivity index (χ1n) is 4.63. The predicted octanol–water partition coefficient (Wildman–Crippen LogP) is 0.133. The van der Waals surface area contributed by atoms with Crippen LogP contribution in [0.2, 0.25) is 0 Å². The third-order valence-electron chi connectivity index (χ3n) is 2.06. The largest absolute Gasteiger partial charge is 0.390 e. The summed E-state index contributed by atoms with van der Waals surface area (Å²) in [6.07, 6.45) is 1.92. The molecule has 0 aromatic carbocycles. The minimum absolute atomic E-state index is 0.359. The second kappa shape index (κ2) is 5.05. The van der Waals surface area contributed by atoms with E-state index in [1.165, 1.54) is 0 Å². The smallest absolute Gasteiger partial charge is 0.106 e. The van der Waals surface area contributed by atoms with Gasteiger partial charge in [0, 0.05) is 18.0 Å². The lowest BCUT2D eigenvalue weighted by atomic mass is 10.0. The lowest BCUT2D eigenvalue weighted by Gasteiger charge is -2.17. The van der Waals surface area contributed by atoms with Crippen LogP contribution in [0, 0.1) is 6.92 Å². The van der Waals surface area contributed by atoms with Crippen LogP contribution in [0.15, 0.2) is 18.5 Å². The average molecular weight is 196 g/mol. The molecule has 0 amide bonds. The third kappa shape index (κ3) is 2.77. The van der Waals surface area contributed by atoms with Gasteiger partial charge in [-0.25, -0.2) is 0 Å². The zero-order valence-corrected chi connectivity index (χ0v) is 8.22. The lowest BCUT2D eigenvalue weighted by molar-refractivity contribution is 0.0148. The Bertz CT molecular complexity index is 291. The van der Waals surface area contributed by atoms with Gasteiger partial charge < -0.3 is 15.9 Å². The molecule has 2 atom stereocenters. The molecule has 2 unspecified atom stereocenters. The molecular formula is C10H16N2O2. The molecule has 0 fully saturated rings. The van der Waals surface area contributed by atoms with Crippen LogP contribution < -0.4 is 5.73 Å². The quantitative estimate of drug-likeness (QED) is 0.639. The predicted molar refractivity (Wildman–Crippen MR) is 53.6 cm³/mol. The Balaban J connectivity index is 2.73. The number of nitrogens with two attached hydrogens (primary N) is 1. The molecule has 4 heteroatoms. The second-order valence-electron chi connectivity index (χ2n) is 3.39. The maximum Gasteiger partial charge on any atom is 0.106 e. The number of aromatic nitrogens is 1. The summed E-state index contributed by atoms with van der Waals surface area (Å²) in [5, 5.41) is 19.2. The lowest BCUT2D eigenvalue weighted by Crippen LogP contribution is -2.21. The van der Waals surface area contributed by atoms with E-state index in [2.05, 4.69) is 4.98 Å². The summed E-state index contributed by atoms with van der Waals surface area (Å²) in [4.78, 5) is 3.95. The first-order chi connectivity index (χ1) is 6.65. The topological polar surface area (TPSA) is 79.4 Å². The monoisotopic (exact) mass is 196 g/mol. The van der Waals surface area contributed by atoms with E-state index in [4.69, 9.17) is 5.73 Å². The molecule has 14 heavy (non-hydrogen) atoms. The Morgan fingerprint density at radius 3 is 2.71 bits per heavy atom. The molecule has 78 valence electrons. The molecule has 1 rings (SSSR count). The number of aliphatic hydroxyl groups excluding tert-OH is 2. The molecular weight excluding hydrogens is 180 g/mol. The zero-order chi connectivity index (χ0) is 10.6. The fourth-order valence-electron chi connectivity index (χ4n) is 1.29. The van der Waals surface area contributed by atoms with Crippen LogP contribution in [0.1, 0.15) is 23.7 Å². The van der Waals surface area contributed by atoms with Gasteiger partial charge in [-0.15, -0.1) is 0 Å². The molecule has 0 aliphatic heterocycles. The van der Waals surface area contributed by atoms with Crippen LogP contribution in [-0.4, -0.2) is 27.8 Å². The van der Waals surface area contributed by atoms with Crippen molar-refractivity contribution in [2.45, 2.75) is 25.6 Å². The van der Waals surface area contributed by atoms with Gasteiger partial charge in [0.05, 0.1) is 6.10 Å². The molecule has 4 N–H and O–H groups in total. The average Bonchev–Trinajstić information content (AvgIpc) is 2.17. The van der Waals surface area contributed by atoms with Crippen molar-refractivity contribution in [3.05, 3.63) is 29.6 Å². The highest BCUT2D eigenvalue weighted by molar-refractivity contribution is 5.19. The van der Waals surface area contributed by atoms with Gasteiger partial charge >= 0.3 is 0 Å². The molecule has 0 radical (unpaired) electrons. The first kappa shape index (κ1) is 11.1. The summed E-state index contributed by atoms with van der Waals surface area (Å²) in [5.74, 6) is 0. The van der Waals surface area contributed by atoms with E-state index in [-0.39, 0.29) is 0 Å². The van der Waals surface area contributed by atoms with E-state index in [1.54, 1.807) is 18.5 Å². The van der Waals surface area contributed by atoms with Crippen LogP contribution in [0.3, 0.4) is 0 Å². The Morgan fingerprint density at radius 1 is 1.43 bits per heavy atom. The van der Waals surface area contributed by atoms with Crippen molar-refractivity contribution in [1.29, 1.82) is 0 Å². The van der Waals surface area contributed by atoms with Crippen LogP contribution in [-0.2, 0) is 0 Å². The van der Waals surface area contributed by atoms with Gasteiger partial charge in [0.1, 0.15) is 6.10 Å². The fraction of sp³-hybridized carbons (Fsp3) is 0.500. The van der Waals surface area contributed by atoms with Gasteiger partial charge in [-0.1, -0.05) is 6.07 Å². The summed E-state index contributed by atoms with van der Waals surface area (Å²) in [6, 6.07) is 1.80. The summed E-state index contributed by atoms with van der Waals surface area (Å²) in [7, 11) is 0. The van der Waals surface area contributed by atoms with Crippen molar-refractivity contribution in [2.75, 3.05) is 6.54 Å². The molecule has 0 saturated carbocycles. The van der Waals surface area contributed by atoms with Crippen molar-refractivity contribution in [3.63, 3.8) is 0 Å². The molecule has 1 heterocycles. The number of hydrogen-bond donors (Lipinski definition) is 3. The number of pyridine rings is 1. The number of aliphatic hydroxyl groups is 2. The molecule has 1 aromatic rings. The van der Waals surface area contributed by atoms with Crippen LogP contribution in [0.5, 0.6) is 0 Å². The van der Waals surface area contributed by atoms with Gasteiger partial charge in [0.25, 0.3) is 0 Å². The zero-order valence-electron chi connectivity index (χ0n) is 8.22. The Labute approximate surface area is 83.4 Å². The van der Waals surface area contributed by atoms with Crippen LogP contribution >= 0.6 is 0 Å². The van der Waals surface area contributed by atoms with Gasteiger partial charge in [-0.3, -0.25) is 4.98 Å². The third-order valence-corrected chi connectivity index (χ3v) is 2.06. The summed E-state index contributed by atoms with van der Waals surface area (Å²) in [6.45, 7) is 2.25. The Kier molecular flexibility index (Phi) is 4.00. The summed E-state index contributed by atoms with van der Waals surface area (Å²) in [5.41, 5.74) is 6.88. The van der Waals surface area contributed by atoms with Gasteiger partial charge in [-0.2, -0.15) is 0 Å². The Morgan fingerprint density at radius 2 is 2.14 bits per heavy atom. The molecule has 4 nitrogen and oxygen atoms in total.